The number of hydrogen-bond acceptors (Lipinski definition) is 4. The Morgan fingerprint density at radius 3 is 2.79 bits per heavy atom. The van der Waals surface area contributed by atoms with Crippen molar-refractivity contribution in [3.8, 4) is 0 Å². The first-order valence-electron chi connectivity index (χ1n) is 7.91. The second kappa shape index (κ2) is 7.58. The van der Waals surface area contributed by atoms with E-state index in [1.165, 1.54) is 45.4 Å². The summed E-state index contributed by atoms with van der Waals surface area (Å²) in [6.07, 6.45) is 4.19. The van der Waals surface area contributed by atoms with Gasteiger partial charge in [-0.1, -0.05) is 20.3 Å². The van der Waals surface area contributed by atoms with E-state index in [4.69, 9.17) is 4.74 Å². The van der Waals surface area contributed by atoms with Gasteiger partial charge >= 0.3 is 0 Å². The minimum Gasteiger partial charge on any atom is -0.383 e. The van der Waals surface area contributed by atoms with Crippen molar-refractivity contribution >= 4 is 0 Å². The van der Waals surface area contributed by atoms with Gasteiger partial charge in [-0.15, -0.1) is 0 Å². The Hall–Kier alpha value is -0.160. The Labute approximate surface area is 118 Å². The molecule has 0 aliphatic carbocycles. The van der Waals surface area contributed by atoms with Crippen molar-refractivity contribution in [1.82, 2.24) is 15.1 Å². The average Bonchev–Trinajstić information content (AvgIpc) is 2.42. The lowest BCUT2D eigenvalue weighted by atomic mass is 9.98. The molecule has 19 heavy (non-hydrogen) atoms. The minimum absolute atomic E-state index is 0.525. The summed E-state index contributed by atoms with van der Waals surface area (Å²) in [5, 5.41) is 3.56. The molecule has 2 atom stereocenters. The van der Waals surface area contributed by atoms with Gasteiger partial charge in [0.05, 0.1) is 6.61 Å². The zero-order valence-corrected chi connectivity index (χ0v) is 12.9. The van der Waals surface area contributed by atoms with Crippen molar-refractivity contribution in [3.63, 3.8) is 0 Å². The summed E-state index contributed by atoms with van der Waals surface area (Å²) >= 11 is 0. The standard InChI is InChI=1S/C15H31N3O/c1-13(2)16-10-15(12-19-3)18-9-8-17-7-5-4-6-14(17)11-18/h13-16H,4-12H2,1-3H3. The number of hydrogen-bond donors (Lipinski definition) is 1. The van der Waals surface area contributed by atoms with Gasteiger partial charge in [-0.3, -0.25) is 9.80 Å². The van der Waals surface area contributed by atoms with E-state index < -0.39 is 0 Å². The summed E-state index contributed by atoms with van der Waals surface area (Å²) in [6.45, 7) is 11.3. The molecule has 2 aliphatic heterocycles. The third-order valence-electron chi connectivity index (χ3n) is 4.51. The van der Waals surface area contributed by atoms with Gasteiger partial charge in [-0.2, -0.15) is 0 Å². The van der Waals surface area contributed by atoms with E-state index >= 15 is 0 Å². The van der Waals surface area contributed by atoms with Gasteiger partial charge in [0.15, 0.2) is 0 Å². The van der Waals surface area contributed by atoms with Crippen LogP contribution in [-0.4, -0.2) is 74.4 Å². The van der Waals surface area contributed by atoms with E-state index in [2.05, 4.69) is 29.0 Å². The first kappa shape index (κ1) is 15.2. The smallest absolute Gasteiger partial charge is 0.0630 e. The number of piperazine rings is 1. The van der Waals surface area contributed by atoms with Crippen LogP contribution in [0.3, 0.4) is 0 Å². The van der Waals surface area contributed by atoms with E-state index in [1.807, 2.05) is 7.11 Å². The molecular weight excluding hydrogens is 238 g/mol. The maximum absolute atomic E-state index is 5.43. The molecule has 112 valence electrons. The summed E-state index contributed by atoms with van der Waals surface area (Å²) in [5.41, 5.74) is 0. The summed E-state index contributed by atoms with van der Waals surface area (Å²) in [4.78, 5) is 5.34. The zero-order chi connectivity index (χ0) is 13.7. The maximum Gasteiger partial charge on any atom is 0.0630 e. The third-order valence-corrected chi connectivity index (χ3v) is 4.51. The number of methoxy groups -OCH3 is 1. The molecule has 0 radical (unpaired) electrons. The largest absolute Gasteiger partial charge is 0.383 e. The van der Waals surface area contributed by atoms with Gasteiger partial charge in [-0.25, -0.2) is 0 Å². The topological polar surface area (TPSA) is 27.7 Å². The lowest BCUT2D eigenvalue weighted by Gasteiger charge is -2.46. The molecule has 0 bridgehead atoms. The number of nitrogens with zero attached hydrogens (tertiary/aromatic N) is 2. The van der Waals surface area contributed by atoms with Crippen LogP contribution in [0.25, 0.3) is 0 Å². The lowest BCUT2D eigenvalue weighted by molar-refractivity contribution is 0.00522. The summed E-state index contributed by atoms with van der Waals surface area (Å²) in [7, 11) is 1.82. The van der Waals surface area contributed by atoms with E-state index in [-0.39, 0.29) is 0 Å². The van der Waals surface area contributed by atoms with Crippen molar-refractivity contribution in [3.05, 3.63) is 0 Å². The van der Waals surface area contributed by atoms with Crippen LogP contribution in [0, 0.1) is 0 Å². The van der Waals surface area contributed by atoms with Crippen molar-refractivity contribution in [2.45, 2.75) is 51.2 Å². The molecular formula is C15H31N3O. The Morgan fingerprint density at radius 2 is 2.05 bits per heavy atom. The number of rotatable bonds is 6. The Morgan fingerprint density at radius 1 is 1.21 bits per heavy atom. The minimum atomic E-state index is 0.525. The highest BCUT2D eigenvalue weighted by molar-refractivity contribution is 4.88. The second-order valence-corrected chi connectivity index (χ2v) is 6.35. The molecule has 0 aromatic rings. The first-order chi connectivity index (χ1) is 9.20. The molecule has 0 aromatic carbocycles. The van der Waals surface area contributed by atoms with Crippen LogP contribution in [0.5, 0.6) is 0 Å². The van der Waals surface area contributed by atoms with Crippen molar-refractivity contribution in [2.24, 2.45) is 0 Å². The quantitative estimate of drug-likeness (QED) is 0.783. The molecule has 4 heteroatoms. The Kier molecular flexibility index (Phi) is 6.07. The molecule has 2 rings (SSSR count). The van der Waals surface area contributed by atoms with E-state index in [9.17, 15) is 0 Å². The SMILES string of the molecule is COCC(CNC(C)C)N1CCN2CCCCC2C1. The molecule has 0 amide bonds. The lowest BCUT2D eigenvalue weighted by Crippen LogP contribution is -2.59. The molecule has 0 spiro atoms. The van der Waals surface area contributed by atoms with Gasteiger partial charge in [0.2, 0.25) is 0 Å². The highest BCUT2D eigenvalue weighted by Gasteiger charge is 2.31. The fourth-order valence-corrected chi connectivity index (χ4v) is 3.37. The van der Waals surface area contributed by atoms with E-state index in [0.717, 1.165) is 19.2 Å². The Bertz CT molecular complexity index is 260. The summed E-state index contributed by atoms with van der Waals surface area (Å²) in [6, 6.07) is 1.87. The average molecular weight is 269 g/mol. The van der Waals surface area contributed by atoms with Crippen LogP contribution in [0.4, 0.5) is 0 Å². The van der Waals surface area contributed by atoms with Crippen LogP contribution in [0.2, 0.25) is 0 Å². The van der Waals surface area contributed by atoms with Crippen LogP contribution in [0.1, 0.15) is 33.1 Å². The molecule has 2 aliphatic rings. The molecule has 2 saturated heterocycles. The maximum atomic E-state index is 5.43. The van der Waals surface area contributed by atoms with Crippen molar-refractivity contribution < 1.29 is 4.74 Å². The van der Waals surface area contributed by atoms with Crippen molar-refractivity contribution in [1.29, 1.82) is 0 Å². The highest BCUT2D eigenvalue weighted by atomic mass is 16.5. The summed E-state index contributed by atoms with van der Waals surface area (Å²) in [5.74, 6) is 0. The highest BCUT2D eigenvalue weighted by Crippen LogP contribution is 2.22. The van der Waals surface area contributed by atoms with Crippen molar-refractivity contribution in [2.75, 3.05) is 46.4 Å². The van der Waals surface area contributed by atoms with Gasteiger partial charge in [0, 0.05) is 51.4 Å². The number of ether oxygens (including phenoxy) is 1. The second-order valence-electron chi connectivity index (χ2n) is 6.35. The van der Waals surface area contributed by atoms with Crippen LogP contribution < -0.4 is 5.32 Å². The van der Waals surface area contributed by atoms with Gasteiger partial charge in [-0.05, 0) is 19.4 Å². The summed E-state index contributed by atoms with van der Waals surface area (Å²) < 4.78 is 5.43. The van der Waals surface area contributed by atoms with Crippen LogP contribution in [0.15, 0.2) is 0 Å². The van der Waals surface area contributed by atoms with E-state index in [0.29, 0.717) is 12.1 Å². The molecule has 4 nitrogen and oxygen atoms in total. The predicted octanol–water partition coefficient (Wildman–Crippen LogP) is 1.17. The third kappa shape index (κ3) is 4.42. The fraction of sp³-hybridized carbons (Fsp3) is 1.00. The van der Waals surface area contributed by atoms with Gasteiger partial charge in [0.1, 0.15) is 0 Å². The molecule has 0 saturated carbocycles. The predicted molar refractivity (Wildman–Crippen MR) is 79.6 cm³/mol. The zero-order valence-electron chi connectivity index (χ0n) is 12.9. The van der Waals surface area contributed by atoms with Crippen LogP contribution in [-0.2, 0) is 4.74 Å². The monoisotopic (exact) mass is 269 g/mol. The first-order valence-corrected chi connectivity index (χ1v) is 7.91. The molecule has 2 fully saturated rings. The number of nitrogens with one attached hydrogen (secondary N) is 1. The number of fused-ring (bicyclic) bond motifs is 1. The molecule has 2 unspecified atom stereocenters. The fourth-order valence-electron chi connectivity index (χ4n) is 3.37. The molecule has 1 N–H and O–H groups in total. The van der Waals surface area contributed by atoms with Gasteiger partial charge < -0.3 is 10.1 Å². The van der Waals surface area contributed by atoms with E-state index in [1.54, 1.807) is 0 Å². The van der Waals surface area contributed by atoms with Crippen LogP contribution >= 0.6 is 0 Å². The number of piperidine rings is 1. The Balaban J connectivity index is 1.86. The molecule has 0 aromatic heterocycles. The normalized spacial score (nSPS) is 27.5. The molecule has 2 heterocycles. The van der Waals surface area contributed by atoms with Gasteiger partial charge in [0.25, 0.3) is 0 Å².